The first-order valence-electron chi connectivity index (χ1n) is 8.98. The highest BCUT2D eigenvalue weighted by Gasteiger charge is 2.44. The van der Waals surface area contributed by atoms with Crippen LogP contribution in [-0.4, -0.2) is 58.6 Å². The molecule has 2 aliphatic heterocycles. The zero-order chi connectivity index (χ0) is 18.0. The fraction of sp³-hybridized carbons (Fsp3) is 0.579. The number of carbonyl (C=O) groups excluding carboxylic acids is 2. The average molecular weight is 345 g/mol. The molecule has 25 heavy (non-hydrogen) atoms. The average Bonchev–Trinajstić information content (AvgIpc) is 2.81. The number of likely N-dealkylation sites (tertiary alicyclic amines) is 1. The fourth-order valence-electron chi connectivity index (χ4n) is 3.68. The molecule has 0 aliphatic carbocycles. The number of urea groups is 1. The van der Waals surface area contributed by atoms with Crippen molar-refractivity contribution in [1.29, 1.82) is 0 Å². The third-order valence-corrected chi connectivity index (χ3v) is 5.30. The summed E-state index contributed by atoms with van der Waals surface area (Å²) in [5, 5.41) is 13.2. The number of benzene rings is 1. The molecule has 2 saturated heterocycles. The standard InChI is InChI=1S/C19H27N3O3/c1-19(2)17(24)22(18(25)20-19)13-12-21-10-8-15(9-11-21)16(23)14-6-4-3-5-7-14/h3-7,15-16,23H,8-13H2,1-2H3,(H,20,25)/t16-/m1/s1. The van der Waals surface area contributed by atoms with E-state index < -0.39 is 11.6 Å². The summed E-state index contributed by atoms with van der Waals surface area (Å²) < 4.78 is 0. The molecular weight excluding hydrogens is 318 g/mol. The maximum Gasteiger partial charge on any atom is 0.325 e. The van der Waals surface area contributed by atoms with Gasteiger partial charge in [-0.3, -0.25) is 9.69 Å². The van der Waals surface area contributed by atoms with Crippen LogP contribution in [0, 0.1) is 5.92 Å². The number of hydrogen-bond acceptors (Lipinski definition) is 4. The van der Waals surface area contributed by atoms with Gasteiger partial charge in [0.25, 0.3) is 5.91 Å². The molecule has 0 radical (unpaired) electrons. The van der Waals surface area contributed by atoms with Crippen molar-refractivity contribution in [3.05, 3.63) is 35.9 Å². The van der Waals surface area contributed by atoms with Crippen LogP contribution in [0.25, 0.3) is 0 Å². The SMILES string of the molecule is CC1(C)NC(=O)N(CCN2CCC([C@H](O)c3ccccc3)CC2)C1=O. The molecule has 0 aromatic heterocycles. The minimum absolute atomic E-state index is 0.160. The Morgan fingerprint density at radius 3 is 2.36 bits per heavy atom. The van der Waals surface area contributed by atoms with Crippen LogP contribution in [0.3, 0.4) is 0 Å². The van der Waals surface area contributed by atoms with Crippen molar-refractivity contribution in [2.75, 3.05) is 26.2 Å². The van der Waals surface area contributed by atoms with Crippen molar-refractivity contribution in [2.24, 2.45) is 5.92 Å². The Balaban J connectivity index is 1.47. The van der Waals surface area contributed by atoms with E-state index in [-0.39, 0.29) is 17.9 Å². The van der Waals surface area contributed by atoms with E-state index in [0.29, 0.717) is 13.1 Å². The Morgan fingerprint density at radius 1 is 1.16 bits per heavy atom. The smallest absolute Gasteiger partial charge is 0.325 e. The van der Waals surface area contributed by atoms with Crippen molar-refractivity contribution in [2.45, 2.75) is 38.3 Å². The largest absolute Gasteiger partial charge is 0.388 e. The van der Waals surface area contributed by atoms with Gasteiger partial charge in [0.15, 0.2) is 0 Å². The Labute approximate surface area is 148 Å². The van der Waals surface area contributed by atoms with Crippen molar-refractivity contribution in [3.8, 4) is 0 Å². The molecule has 2 aliphatic rings. The van der Waals surface area contributed by atoms with Crippen molar-refractivity contribution in [1.82, 2.24) is 15.1 Å². The number of nitrogens with one attached hydrogen (secondary N) is 1. The maximum atomic E-state index is 12.2. The minimum atomic E-state index is -0.802. The summed E-state index contributed by atoms with van der Waals surface area (Å²) in [6.07, 6.45) is 1.42. The molecule has 3 rings (SSSR count). The van der Waals surface area contributed by atoms with Gasteiger partial charge in [-0.15, -0.1) is 0 Å². The van der Waals surface area contributed by atoms with E-state index in [2.05, 4.69) is 10.2 Å². The van der Waals surface area contributed by atoms with E-state index in [1.54, 1.807) is 13.8 Å². The molecule has 1 aromatic rings. The van der Waals surface area contributed by atoms with Crippen LogP contribution >= 0.6 is 0 Å². The van der Waals surface area contributed by atoms with Crippen molar-refractivity contribution < 1.29 is 14.7 Å². The van der Waals surface area contributed by atoms with Gasteiger partial charge < -0.3 is 15.3 Å². The van der Waals surface area contributed by atoms with Crippen molar-refractivity contribution >= 4 is 11.9 Å². The fourth-order valence-corrected chi connectivity index (χ4v) is 3.68. The Bertz CT molecular complexity index is 624. The Hall–Kier alpha value is -1.92. The third-order valence-electron chi connectivity index (χ3n) is 5.30. The summed E-state index contributed by atoms with van der Waals surface area (Å²) in [5.74, 6) is 0.0983. The summed E-state index contributed by atoms with van der Waals surface area (Å²) in [5.41, 5.74) is 0.173. The van der Waals surface area contributed by atoms with Gasteiger partial charge in [-0.1, -0.05) is 30.3 Å². The minimum Gasteiger partial charge on any atom is -0.388 e. The quantitative estimate of drug-likeness (QED) is 0.798. The zero-order valence-corrected chi connectivity index (χ0v) is 14.9. The van der Waals surface area contributed by atoms with E-state index in [1.807, 2.05) is 30.3 Å². The molecule has 1 aromatic carbocycles. The number of rotatable bonds is 5. The van der Waals surface area contributed by atoms with Crippen LogP contribution in [0.1, 0.15) is 38.4 Å². The number of carbonyl (C=O) groups is 2. The Kier molecular flexibility index (Phi) is 5.11. The number of amides is 3. The lowest BCUT2D eigenvalue weighted by atomic mass is 9.87. The van der Waals surface area contributed by atoms with Crippen molar-refractivity contribution in [3.63, 3.8) is 0 Å². The molecule has 2 N–H and O–H groups in total. The number of aliphatic hydroxyl groups is 1. The number of nitrogens with zero attached hydrogens (tertiary/aromatic N) is 2. The van der Waals surface area contributed by atoms with Crippen LogP contribution in [0.15, 0.2) is 30.3 Å². The molecule has 2 heterocycles. The monoisotopic (exact) mass is 345 g/mol. The molecule has 136 valence electrons. The second-order valence-corrected chi connectivity index (χ2v) is 7.55. The van der Waals surface area contributed by atoms with Crippen LogP contribution < -0.4 is 5.32 Å². The van der Waals surface area contributed by atoms with Crippen LogP contribution in [0.4, 0.5) is 4.79 Å². The summed E-state index contributed by atoms with van der Waals surface area (Å²) in [6, 6.07) is 9.49. The lowest BCUT2D eigenvalue weighted by molar-refractivity contribution is -0.130. The topological polar surface area (TPSA) is 72.9 Å². The third kappa shape index (κ3) is 3.85. The molecular formula is C19H27N3O3. The highest BCUT2D eigenvalue weighted by molar-refractivity contribution is 6.06. The summed E-state index contributed by atoms with van der Waals surface area (Å²) in [7, 11) is 0. The first-order chi connectivity index (χ1) is 11.9. The predicted molar refractivity (Wildman–Crippen MR) is 94.9 cm³/mol. The number of piperidine rings is 1. The van der Waals surface area contributed by atoms with Crippen LogP contribution in [0.2, 0.25) is 0 Å². The molecule has 0 bridgehead atoms. The summed E-state index contributed by atoms with van der Waals surface area (Å²) >= 11 is 0. The van der Waals surface area contributed by atoms with E-state index in [1.165, 1.54) is 4.90 Å². The van der Waals surface area contributed by atoms with E-state index in [4.69, 9.17) is 0 Å². The van der Waals surface area contributed by atoms with Gasteiger partial charge in [0.05, 0.1) is 6.10 Å². The van der Waals surface area contributed by atoms with Gasteiger partial charge in [0, 0.05) is 13.1 Å². The lowest BCUT2D eigenvalue weighted by Crippen LogP contribution is -2.43. The summed E-state index contributed by atoms with van der Waals surface area (Å²) in [4.78, 5) is 27.7. The lowest BCUT2D eigenvalue weighted by Gasteiger charge is -2.34. The van der Waals surface area contributed by atoms with Crippen LogP contribution in [-0.2, 0) is 4.79 Å². The van der Waals surface area contributed by atoms with E-state index >= 15 is 0 Å². The first kappa shape index (κ1) is 17.9. The molecule has 0 saturated carbocycles. The second-order valence-electron chi connectivity index (χ2n) is 7.55. The normalized spacial score (nSPS) is 22.9. The molecule has 6 heteroatoms. The van der Waals surface area contributed by atoms with E-state index in [0.717, 1.165) is 31.5 Å². The van der Waals surface area contributed by atoms with Crippen LogP contribution in [0.5, 0.6) is 0 Å². The second kappa shape index (κ2) is 7.14. The first-order valence-corrected chi connectivity index (χ1v) is 8.98. The molecule has 2 fully saturated rings. The molecule has 0 spiro atoms. The maximum absolute atomic E-state index is 12.2. The molecule has 0 unspecified atom stereocenters. The highest BCUT2D eigenvalue weighted by atomic mass is 16.3. The van der Waals surface area contributed by atoms with Gasteiger partial charge in [-0.25, -0.2) is 4.79 Å². The predicted octanol–water partition coefficient (Wildman–Crippen LogP) is 1.76. The van der Waals surface area contributed by atoms with E-state index in [9.17, 15) is 14.7 Å². The number of imide groups is 1. The van der Waals surface area contributed by atoms with Gasteiger partial charge in [-0.05, 0) is 51.3 Å². The molecule has 3 amide bonds. The summed E-state index contributed by atoms with van der Waals surface area (Å²) in [6.45, 7) is 6.31. The van der Waals surface area contributed by atoms with Gasteiger partial charge in [0.1, 0.15) is 5.54 Å². The van der Waals surface area contributed by atoms with Gasteiger partial charge >= 0.3 is 6.03 Å². The Morgan fingerprint density at radius 2 is 1.80 bits per heavy atom. The van der Waals surface area contributed by atoms with Gasteiger partial charge in [-0.2, -0.15) is 0 Å². The number of hydrogen-bond donors (Lipinski definition) is 2. The van der Waals surface area contributed by atoms with Gasteiger partial charge in [0.2, 0.25) is 0 Å². The molecule has 6 nitrogen and oxygen atoms in total. The zero-order valence-electron chi connectivity index (χ0n) is 14.9. The molecule has 1 atom stereocenters. The highest BCUT2D eigenvalue weighted by Crippen LogP contribution is 2.30. The number of aliphatic hydroxyl groups excluding tert-OH is 1.